The van der Waals surface area contributed by atoms with Gasteiger partial charge >= 0.3 is 6.01 Å². The van der Waals surface area contributed by atoms with Gasteiger partial charge in [0.25, 0.3) is 5.89 Å². The number of anilines is 1. The Bertz CT molecular complexity index is 461. The molecule has 0 atom stereocenters. The molecule has 2 heterocycles. The first kappa shape index (κ1) is 8.78. The van der Waals surface area contributed by atoms with Gasteiger partial charge in [-0.1, -0.05) is 5.10 Å². The molecule has 6 nitrogen and oxygen atoms in total. The zero-order valence-electron chi connectivity index (χ0n) is 8.10. The molecule has 3 rings (SSSR count). The Labute approximate surface area is 90.1 Å². The minimum atomic E-state index is 0.143. The molecule has 1 saturated carbocycles. The molecule has 1 N–H and O–H groups in total. The van der Waals surface area contributed by atoms with Crippen molar-refractivity contribution in [2.75, 3.05) is 5.32 Å². The molecule has 2 aromatic heterocycles. The van der Waals surface area contributed by atoms with E-state index in [9.17, 15) is 0 Å². The fourth-order valence-corrected chi connectivity index (χ4v) is 1.61. The lowest BCUT2D eigenvalue weighted by atomic mass is 10.3. The lowest BCUT2D eigenvalue weighted by Gasteiger charge is -2.06. The zero-order chi connectivity index (χ0) is 10.3. The van der Waals surface area contributed by atoms with Gasteiger partial charge in [0.05, 0.1) is 17.9 Å². The first-order valence-electron chi connectivity index (χ1n) is 4.65. The number of rotatable bonds is 3. The van der Waals surface area contributed by atoms with Crippen molar-refractivity contribution in [3.63, 3.8) is 0 Å². The van der Waals surface area contributed by atoms with E-state index in [0.29, 0.717) is 17.6 Å². The molecular weight excluding hydrogens is 214 g/mol. The zero-order valence-corrected chi connectivity index (χ0v) is 8.91. The van der Waals surface area contributed by atoms with E-state index in [1.54, 1.807) is 6.20 Å². The number of nitrogens with one attached hydrogen (secondary N) is 1. The Morgan fingerprint density at radius 3 is 3.00 bits per heavy atom. The smallest absolute Gasteiger partial charge is 0.316 e. The monoisotopic (exact) mass is 223 g/mol. The van der Waals surface area contributed by atoms with E-state index in [1.807, 2.05) is 0 Å². The van der Waals surface area contributed by atoms with Crippen LogP contribution in [0.5, 0.6) is 0 Å². The summed E-state index contributed by atoms with van der Waals surface area (Å²) in [6, 6.07) is 0.456. The Morgan fingerprint density at radius 2 is 2.33 bits per heavy atom. The maximum Gasteiger partial charge on any atom is 0.316 e. The standard InChI is InChI=1S/C8H9N5OS/c1-8(2-3-8)10-7-12-11-6(14-7)5-4-9-15-13-5/h4H,2-3H2,1H3,(H,10,12). The summed E-state index contributed by atoms with van der Waals surface area (Å²) >= 11 is 1.12. The predicted molar refractivity (Wildman–Crippen MR) is 54.5 cm³/mol. The second-order valence-corrected chi connectivity index (χ2v) is 4.45. The third kappa shape index (κ3) is 1.70. The second-order valence-electron chi connectivity index (χ2n) is 3.89. The maximum atomic E-state index is 5.41. The van der Waals surface area contributed by atoms with Crippen LogP contribution >= 0.6 is 11.7 Å². The molecule has 0 spiro atoms. The minimum Gasteiger partial charge on any atom is -0.402 e. The summed E-state index contributed by atoms with van der Waals surface area (Å²) in [5.74, 6) is 0.413. The average molecular weight is 223 g/mol. The Balaban J connectivity index is 1.82. The quantitative estimate of drug-likeness (QED) is 0.850. The van der Waals surface area contributed by atoms with Gasteiger partial charge < -0.3 is 9.73 Å². The van der Waals surface area contributed by atoms with Crippen molar-refractivity contribution in [1.82, 2.24) is 18.9 Å². The molecular formula is C8H9N5OS. The second kappa shape index (κ2) is 2.99. The Hall–Kier alpha value is -1.50. The van der Waals surface area contributed by atoms with Crippen molar-refractivity contribution in [3.05, 3.63) is 6.20 Å². The van der Waals surface area contributed by atoms with Crippen LogP contribution in [0.2, 0.25) is 0 Å². The normalized spacial score (nSPS) is 17.7. The number of nitrogens with zero attached hydrogens (tertiary/aromatic N) is 4. The molecule has 0 radical (unpaired) electrons. The molecule has 1 fully saturated rings. The first-order chi connectivity index (χ1) is 7.25. The predicted octanol–water partition coefficient (Wildman–Crippen LogP) is 1.55. The van der Waals surface area contributed by atoms with Gasteiger partial charge in [-0.25, -0.2) is 0 Å². The van der Waals surface area contributed by atoms with E-state index >= 15 is 0 Å². The molecule has 2 aromatic rings. The van der Waals surface area contributed by atoms with Crippen LogP contribution in [0.25, 0.3) is 11.6 Å². The maximum absolute atomic E-state index is 5.41. The molecule has 0 saturated heterocycles. The fraction of sp³-hybridized carbons (Fsp3) is 0.500. The van der Waals surface area contributed by atoms with Crippen LogP contribution in [0.1, 0.15) is 19.8 Å². The topological polar surface area (TPSA) is 76.7 Å². The number of aromatic nitrogens is 4. The lowest BCUT2D eigenvalue weighted by molar-refractivity contribution is 0.567. The minimum absolute atomic E-state index is 0.143. The van der Waals surface area contributed by atoms with Crippen LogP contribution in [0.3, 0.4) is 0 Å². The molecule has 15 heavy (non-hydrogen) atoms. The van der Waals surface area contributed by atoms with Crippen molar-refractivity contribution in [1.29, 1.82) is 0 Å². The van der Waals surface area contributed by atoms with Gasteiger partial charge in [0.15, 0.2) is 5.69 Å². The van der Waals surface area contributed by atoms with E-state index in [2.05, 4.69) is 31.2 Å². The van der Waals surface area contributed by atoms with Crippen LogP contribution in [0, 0.1) is 0 Å². The third-order valence-electron chi connectivity index (χ3n) is 2.41. The van der Waals surface area contributed by atoms with Crippen LogP contribution in [0.15, 0.2) is 10.6 Å². The van der Waals surface area contributed by atoms with Gasteiger partial charge in [-0.2, -0.15) is 8.75 Å². The summed E-state index contributed by atoms with van der Waals surface area (Å²) in [5, 5.41) is 11.0. The largest absolute Gasteiger partial charge is 0.402 e. The third-order valence-corrected chi connectivity index (χ3v) is 2.89. The highest BCUT2D eigenvalue weighted by atomic mass is 32.1. The van der Waals surface area contributed by atoms with E-state index in [1.165, 1.54) is 0 Å². The first-order valence-corrected chi connectivity index (χ1v) is 5.38. The highest BCUT2D eigenvalue weighted by molar-refractivity contribution is 6.99. The summed E-state index contributed by atoms with van der Waals surface area (Å²) in [7, 11) is 0. The van der Waals surface area contributed by atoms with E-state index in [0.717, 1.165) is 24.6 Å². The summed E-state index contributed by atoms with van der Waals surface area (Å²) in [6.45, 7) is 2.13. The van der Waals surface area contributed by atoms with Crippen molar-refractivity contribution in [3.8, 4) is 11.6 Å². The molecule has 0 unspecified atom stereocenters. The highest BCUT2D eigenvalue weighted by Gasteiger charge is 2.38. The molecule has 0 amide bonds. The van der Waals surface area contributed by atoms with E-state index in [-0.39, 0.29) is 5.54 Å². The summed E-state index contributed by atoms with van der Waals surface area (Å²) in [5.41, 5.74) is 0.769. The van der Waals surface area contributed by atoms with Crippen molar-refractivity contribution >= 4 is 17.7 Å². The van der Waals surface area contributed by atoms with E-state index < -0.39 is 0 Å². The molecule has 0 aromatic carbocycles. The summed E-state index contributed by atoms with van der Waals surface area (Å²) < 4.78 is 13.3. The molecule has 0 bridgehead atoms. The van der Waals surface area contributed by atoms with Crippen LogP contribution in [-0.2, 0) is 0 Å². The van der Waals surface area contributed by atoms with Crippen molar-refractivity contribution in [2.24, 2.45) is 0 Å². The Morgan fingerprint density at radius 1 is 1.47 bits per heavy atom. The molecule has 7 heteroatoms. The van der Waals surface area contributed by atoms with Gasteiger partial charge in [-0.05, 0) is 19.8 Å². The van der Waals surface area contributed by atoms with Crippen LogP contribution in [0.4, 0.5) is 6.01 Å². The van der Waals surface area contributed by atoms with Gasteiger partial charge in [0, 0.05) is 5.54 Å². The van der Waals surface area contributed by atoms with Gasteiger partial charge in [-0.15, -0.1) is 5.10 Å². The number of hydrogen-bond donors (Lipinski definition) is 1. The van der Waals surface area contributed by atoms with Gasteiger partial charge in [0.1, 0.15) is 0 Å². The lowest BCUT2D eigenvalue weighted by Crippen LogP contribution is -2.15. The average Bonchev–Trinajstić information content (AvgIpc) is 2.73. The number of hydrogen-bond acceptors (Lipinski definition) is 7. The molecule has 78 valence electrons. The molecule has 1 aliphatic carbocycles. The van der Waals surface area contributed by atoms with Crippen LogP contribution in [-0.4, -0.2) is 24.5 Å². The van der Waals surface area contributed by atoms with Gasteiger partial charge in [0.2, 0.25) is 0 Å². The summed E-state index contributed by atoms with van der Waals surface area (Å²) in [4.78, 5) is 0. The SMILES string of the molecule is CC1(Nc2nnc(-c3cnsn3)o2)CC1. The van der Waals surface area contributed by atoms with Gasteiger partial charge in [-0.3, -0.25) is 0 Å². The summed E-state index contributed by atoms with van der Waals surface area (Å²) in [6.07, 6.45) is 3.90. The molecule has 1 aliphatic rings. The van der Waals surface area contributed by atoms with Crippen molar-refractivity contribution in [2.45, 2.75) is 25.3 Å². The van der Waals surface area contributed by atoms with E-state index in [4.69, 9.17) is 4.42 Å². The fourth-order valence-electron chi connectivity index (χ4n) is 1.21. The Kier molecular flexibility index (Phi) is 1.75. The van der Waals surface area contributed by atoms with Crippen LogP contribution < -0.4 is 5.32 Å². The molecule has 0 aliphatic heterocycles. The van der Waals surface area contributed by atoms with Crippen molar-refractivity contribution < 1.29 is 4.42 Å². The highest BCUT2D eigenvalue weighted by Crippen LogP contribution is 2.37.